The number of para-hydroxylation sites is 1. The Morgan fingerprint density at radius 3 is 2.24 bits per heavy atom. The third kappa shape index (κ3) is 10.4. The SMILES string of the molecule is CC(O)C(NC(=O)C(Cc1c[nH]c2ccccc12)NC(=O)C(N)CCC(=O)O)C(=O)NC(CCCN=C(N)N)C(=O)O. The number of benzene rings is 1. The zero-order valence-electron chi connectivity index (χ0n) is 23.1. The molecule has 0 saturated carbocycles. The minimum atomic E-state index is -1.58. The number of aromatic nitrogens is 1. The third-order valence-corrected chi connectivity index (χ3v) is 6.36. The summed E-state index contributed by atoms with van der Waals surface area (Å²) in [6.45, 7) is 1.36. The van der Waals surface area contributed by atoms with E-state index in [1.54, 1.807) is 12.3 Å². The standard InChI is InChI=1S/C26H38N8O8/c1-13(35)21(24(40)32-18(25(41)42)7-4-10-30-26(28)29)34-23(39)19(33-22(38)16(27)8-9-20(36)37)11-14-12-31-17-6-3-2-5-15(14)17/h2-3,5-6,12-13,16,18-19,21,31,35H,4,7-11,27H2,1H3,(H,32,40)(H,33,38)(H,34,39)(H,36,37)(H,41,42)(H4,28,29,30). The van der Waals surface area contributed by atoms with Crippen LogP contribution in [0.2, 0.25) is 0 Å². The molecule has 0 aliphatic heterocycles. The number of carboxylic acid groups (broad SMARTS) is 2. The van der Waals surface area contributed by atoms with Gasteiger partial charge in [0, 0.05) is 36.5 Å². The molecule has 2 aromatic rings. The first-order valence-electron chi connectivity index (χ1n) is 13.2. The fourth-order valence-electron chi connectivity index (χ4n) is 4.10. The normalized spacial score (nSPS) is 14.5. The van der Waals surface area contributed by atoms with Crippen LogP contribution in [-0.2, 0) is 30.4 Å². The maximum Gasteiger partial charge on any atom is 0.326 e. The number of aliphatic hydroxyl groups excluding tert-OH is 1. The Morgan fingerprint density at radius 1 is 0.952 bits per heavy atom. The fraction of sp³-hybridized carbons (Fsp3) is 0.462. The lowest BCUT2D eigenvalue weighted by molar-refractivity contribution is -0.143. The van der Waals surface area contributed by atoms with Crippen molar-refractivity contribution in [3.63, 3.8) is 0 Å². The minimum Gasteiger partial charge on any atom is -0.481 e. The van der Waals surface area contributed by atoms with Crippen LogP contribution in [0.1, 0.15) is 38.2 Å². The summed E-state index contributed by atoms with van der Waals surface area (Å²) in [5.74, 6) is -5.28. The van der Waals surface area contributed by atoms with Gasteiger partial charge in [0.2, 0.25) is 17.7 Å². The molecular formula is C26H38N8O8. The van der Waals surface area contributed by atoms with E-state index >= 15 is 0 Å². The number of nitrogens with one attached hydrogen (secondary N) is 4. The molecule has 0 bridgehead atoms. The first-order chi connectivity index (χ1) is 19.8. The summed E-state index contributed by atoms with van der Waals surface area (Å²) in [5.41, 5.74) is 17.8. The van der Waals surface area contributed by atoms with Crippen LogP contribution in [0.15, 0.2) is 35.5 Å². The van der Waals surface area contributed by atoms with Crippen LogP contribution in [-0.4, -0.2) is 92.7 Å². The Balaban J connectivity index is 2.23. The molecule has 0 spiro atoms. The quantitative estimate of drug-likeness (QED) is 0.0539. The van der Waals surface area contributed by atoms with Crippen LogP contribution in [0.3, 0.4) is 0 Å². The summed E-state index contributed by atoms with van der Waals surface area (Å²) in [6.07, 6.45) is -0.208. The maximum atomic E-state index is 13.4. The number of carbonyl (C=O) groups is 5. The van der Waals surface area contributed by atoms with Gasteiger partial charge in [-0.25, -0.2) is 4.79 Å². The van der Waals surface area contributed by atoms with Crippen molar-refractivity contribution in [1.29, 1.82) is 0 Å². The molecule has 1 aromatic heterocycles. The van der Waals surface area contributed by atoms with Gasteiger partial charge in [0.25, 0.3) is 0 Å². The molecule has 16 heteroatoms. The highest BCUT2D eigenvalue weighted by molar-refractivity contribution is 5.95. The van der Waals surface area contributed by atoms with Gasteiger partial charge in [0.1, 0.15) is 18.1 Å². The van der Waals surface area contributed by atoms with E-state index in [-0.39, 0.29) is 44.6 Å². The molecule has 5 atom stereocenters. The van der Waals surface area contributed by atoms with Crippen molar-refractivity contribution >= 4 is 46.5 Å². The van der Waals surface area contributed by atoms with Gasteiger partial charge in [0.05, 0.1) is 12.1 Å². The molecule has 0 aliphatic rings. The summed E-state index contributed by atoms with van der Waals surface area (Å²) < 4.78 is 0. The van der Waals surface area contributed by atoms with E-state index in [9.17, 15) is 34.2 Å². The third-order valence-electron chi connectivity index (χ3n) is 6.36. The minimum absolute atomic E-state index is 0.0359. The molecule has 1 heterocycles. The van der Waals surface area contributed by atoms with Crippen LogP contribution in [0, 0.1) is 0 Å². The van der Waals surface area contributed by atoms with E-state index in [0.29, 0.717) is 5.56 Å². The first kappa shape index (κ1) is 33.5. The summed E-state index contributed by atoms with van der Waals surface area (Å²) >= 11 is 0. The second-order valence-corrected chi connectivity index (χ2v) is 9.74. The molecular weight excluding hydrogens is 552 g/mol. The van der Waals surface area contributed by atoms with E-state index in [0.717, 1.165) is 10.9 Å². The van der Waals surface area contributed by atoms with Crippen molar-refractivity contribution in [2.45, 2.75) is 69.3 Å². The number of nitrogens with two attached hydrogens (primary N) is 3. The van der Waals surface area contributed by atoms with Gasteiger partial charge in [-0.2, -0.15) is 0 Å². The van der Waals surface area contributed by atoms with Crippen molar-refractivity contribution in [2.24, 2.45) is 22.2 Å². The van der Waals surface area contributed by atoms with Crippen LogP contribution < -0.4 is 33.2 Å². The number of hydrogen-bond acceptors (Lipinski definition) is 8. The highest BCUT2D eigenvalue weighted by Crippen LogP contribution is 2.19. The molecule has 0 fully saturated rings. The number of amides is 3. The smallest absolute Gasteiger partial charge is 0.326 e. The van der Waals surface area contributed by atoms with Crippen molar-refractivity contribution in [1.82, 2.24) is 20.9 Å². The molecule has 0 saturated heterocycles. The predicted octanol–water partition coefficient (Wildman–Crippen LogP) is -2.12. The van der Waals surface area contributed by atoms with Gasteiger partial charge in [-0.05, 0) is 37.8 Å². The number of aliphatic carboxylic acids is 2. The molecule has 42 heavy (non-hydrogen) atoms. The number of hydrogen-bond donors (Lipinski definition) is 10. The highest BCUT2D eigenvalue weighted by atomic mass is 16.4. The van der Waals surface area contributed by atoms with Gasteiger partial charge in [-0.15, -0.1) is 0 Å². The van der Waals surface area contributed by atoms with E-state index in [4.69, 9.17) is 22.3 Å². The number of guanidine groups is 1. The lowest BCUT2D eigenvalue weighted by Crippen LogP contribution is -2.60. The lowest BCUT2D eigenvalue weighted by atomic mass is 10.0. The van der Waals surface area contributed by atoms with E-state index < -0.39 is 59.9 Å². The molecule has 0 aliphatic carbocycles. The highest BCUT2D eigenvalue weighted by Gasteiger charge is 2.33. The number of carbonyl (C=O) groups excluding carboxylic acids is 3. The Labute approximate surface area is 241 Å². The average molecular weight is 591 g/mol. The zero-order valence-corrected chi connectivity index (χ0v) is 23.1. The van der Waals surface area contributed by atoms with Crippen molar-refractivity contribution < 1.29 is 39.3 Å². The predicted molar refractivity (Wildman–Crippen MR) is 152 cm³/mol. The first-order valence-corrected chi connectivity index (χ1v) is 13.2. The lowest BCUT2D eigenvalue weighted by Gasteiger charge is -2.26. The number of fused-ring (bicyclic) bond motifs is 1. The van der Waals surface area contributed by atoms with E-state index in [1.165, 1.54) is 6.92 Å². The Morgan fingerprint density at radius 2 is 1.62 bits per heavy atom. The maximum absolute atomic E-state index is 13.4. The number of nitrogens with zero attached hydrogens (tertiary/aromatic N) is 1. The van der Waals surface area contributed by atoms with Crippen LogP contribution in [0.25, 0.3) is 10.9 Å². The monoisotopic (exact) mass is 590 g/mol. The second kappa shape index (κ2) is 15.9. The van der Waals surface area contributed by atoms with Gasteiger partial charge in [-0.1, -0.05) is 18.2 Å². The summed E-state index contributed by atoms with van der Waals surface area (Å²) in [5, 5.41) is 36.7. The summed E-state index contributed by atoms with van der Waals surface area (Å²) in [6, 6.07) is 1.76. The Kier molecular flexibility index (Phi) is 12.7. The summed E-state index contributed by atoms with van der Waals surface area (Å²) in [4.78, 5) is 68.6. The molecule has 0 radical (unpaired) electrons. The van der Waals surface area contributed by atoms with Crippen LogP contribution in [0.4, 0.5) is 0 Å². The van der Waals surface area contributed by atoms with Crippen molar-refractivity contribution in [3.8, 4) is 0 Å². The van der Waals surface area contributed by atoms with Crippen LogP contribution >= 0.6 is 0 Å². The van der Waals surface area contributed by atoms with Gasteiger partial charge in [0.15, 0.2) is 5.96 Å². The van der Waals surface area contributed by atoms with Crippen LogP contribution in [0.5, 0.6) is 0 Å². The molecule has 230 valence electrons. The van der Waals surface area contributed by atoms with Gasteiger partial charge < -0.3 is 53.5 Å². The number of carboxylic acids is 2. The largest absolute Gasteiger partial charge is 0.481 e. The number of aliphatic hydroxyl groups is 1. The topological polar surface area (TPSA) is 288 Å². The Bertz CT molecular complexity index is 1290. The van der Waals surface area contributed by atoms with Crippen molar-refractivity contribution in [3.05, 3.63) is 36.0 Å². The van der Waals surface area contributed by atoms with Gasteiger partial charge in [-0.3, -0.25) is 24.2 Å². The molecule has 16 nitrogen and oxygen atoms in total. The van der Waals surface area contributed by atoms with E-state index in [1.807, 2.05) is 18.2 Å². The fourth-order valence-corrected chi connectivity index (χ4v) is 4.10. The molecule has 13 N–H and O–H groups in total. The molecule has 5 unspecified atom stereocenters. The van der Waals surface area contributed by atoms with E-state index in [2.05, 4.69) is 25.9 Å². The molecule has 1 aromatic carbocycles. The zero-order chi connectivity index (χ0) is 31.4. The average Bonchev–Trinajstić information content (AvgIpc) is 3.33. The molecule has 2 rings (SSSR count). The Hall–Kier alpha value is -4.70. The number of aliphatic imine (C=N–C) groups is 1. The number of aromatic amines is 1. The van der Waals surface area contributed by atoms with Crippen molar-refractivity contribution in [2.75, 3.05) is 6.54 Å². The van der Waals surface area contributed by atoms with Gasteiger partial charge >= 0.3 is 11.9 Å². The number of rotatable bonds is 17. The second-order valence-electron chi connectivity index (χ2n) is 9.74. The summed E-state index contributed by atoms with van der Waals surface area (Å²) in [7, 11) is 0. The number of H-pyrrole nitrogens is 1. The molecule has 3 amide bonds.